The van der Waals surface area contributed by atoms with Crippen molar-refractivity contribution >= 4 is 17.1 Å². The summed E-state index contributed by atoms with van der Waals surface area (Å²) < 4.78 is 6.31. The molecule has 0 bridgehead atoms. The lowest BCUT2D eigenvalue weighted by Gasteiger charge is -2.30. The number of aromatic hydroxyl groups is 3. The van der Waals surface area contributed by atoms with Crippen LogP contribution in [0.3, 0.4) is 0 Å². The van der Waals surface area contributed by atoms with Gasteiger partial charge in [0.05, 0.1) is 17.1 Å². The fourth-order valence-corrected chi connectivity index (χ4v) is 3.84. The summed E-state index contributed by atoms with van der Waals surface area (Å²) in [5.41, 5.74) is 5.54. The van der Waals surface area contributed by atoms with E-state index < -0.39 is 0 Å². The van der Waals surface area contributed by atoms with Crippen LogP contribution in [0.25, 0.3) is 0 Å². The third-order valence-corrected chi connectivity index (χ3v) is 5.78. The second-order valence-corrected chi connectivity index (χ2v) is 8.20. The van der Waals surface area contributed by atoms with Gasteiger partial charge in [0.25, 0.3) is 0 Å². The minimum absolute atomic E-state index is 0.135. The van der Waals surface area contributed by atoms with Crippen molar-refractivity contribution in [3.8, 4) is 28.7 Å². The van der Waals surface area contributed by atoms with Crippen molar-refractivity contribution in [2.24, 2.45) is 0 Å². The Kier molecular flexibility index (Phi) is 5.88. The SMILES string of the molecule is Cc1ccc(O)cc1N(c1cc(O)ccc1C)c1ccccc1Oc1ccc(C)c(O)c1C. The molecule has 4 aromatic rings. The van der Waals surface area contributed by atoms with Crippen molar-refractivity contribution in [1.29, 1.82) is 0 Å². The third-order valence-electron chi connectivity index (χ3n) is 5.78. The Hall–Kier alpha value is -4.12. The van der Waals surface area contributed by atoms with Gasteiger partial charge in [-0.05, 0) is 74.7 Å². The largest absolute Gasteiger partial charge is 0.508 e. The van der Waals surface area contributed by atoms with Gasteiger partial charge in [-0.15, -0.1) is 0 Å². The molecule has 4 rings (SSSR count). The summed E-state index contributed by atoms with van der Waals surface area (Å²) in [6.45, 7) is 7.59. The quantitative estimate of drug-likeness (QED) is 0.303. The fourth-order valence-electron chi connectivity index (χ4n) is 3.84. The maximum absolute atomic E-state index is 10.4. The molecule has 0 heterocycles. The number of hydrogen-bond donors (Lipinski definition) is 3. The molecule has 0 spiro atoms. The molecule has 168 valence electrons. The Labute approximate surface area is 193 Å². The van der Waals surface area contributed by atoms with Crippen LogP contribution < -0.4 is 9.64 Å². The van der Waals surface area contributed by atoms with Gasteiger partial charge in [-0.1, -0.05) is 30.3 Å². The van der Waals surface area contributed by atoms with E-state index in [0.717, 1.165) is 33.8 Å². The Morgan fingerprint density at radius 3 is 1.73 bits per heavy atom. The lowest BCUT2D eigenvalue weighted by Crippen LogP contribution is -2.13. The molecule has 3 N–H and O–H groups in total. The summed E-state index contributed by atoms with van der Waals surface area (Å²) in [5, 5.41) is 30.9. The van der Waals surface area contributed by atoms with Crippen LogP contribution >= 0.6 is 0 Å². The highest BCUT2D eigenvalue weighted by atomic mass is 16.5. The minimum atomic E-state index is 0.135. The monoisotopic (exact) mass is 441 g/mol. The number of hydrogen-bond acceptors (Lipinski definition) is 5. The van der Waals surface area contributed by atoms with E-state index in [9.17, 15) is 15.3 Å². The Morgan fingerprint density at radius 1 is 0.576 bits per heavy atom. The first-order valence-corrected chi connectivity index (χ1v) is 10.7. The second-order valence-electron chi connectivity index (χ2n) is 8.20. The van der Waals surface area contributed by atoms with E-state index >= 15 is 0 Å². The van der Waals surface area contributed by atoms with Gasteiger partial charge in [0.1, 0.15) is 23.0 Å². The first-order valence-electron chi connectivity index (χ1n) is 10.7. The molecule has 33 heavy (non-hydrogen) atoms. The number of aryl methyl sites for hydroxylation is 3. The highest BCUT2D eigenvalue weighted by Crippen LogP contribution is 2.46. The Balaban J connectivity index is 1.93. The van der Waals surface area contributed by atoms with Crippen LogP contribution in [0.1, 0.15) is 22.3 Å². The highest BCUT2D eigenvalue weighted by Gasteiger charge is 2.22. The molecule has 0 radical (unpaired) electrons. The van der Waals surface area contributed by atoms with Crippen LogP contribution in [0.15, 0.2) is 72.8 Å². The maximum atomic E-state index is 10.4. The van der Waals surface area contributed by atoms with E-state index in [1.807, 2.05) is 81.1 Å². The van der Waals surface area contributed by atoms with Gasteiger partial charge in [-0.3, -0.25) is 0 Å². The number of rotatable bonds is 5. The average Bonchev–Trinajstić information content (AvgIpc) is 2.80. The standard InChI is InChI=1S/C28H27NO4/c1-17-9-12-21(30)15-24(17)29(25-16-22(31)13-10-18(25)2)23-7-5-6-8-27(23)33-26-14-11-19(3)28(32)20(26)4/h5-16,30-32H,1-4H3. The van der Waals surface area contributed by atoms with Gasteiger partial charge >= 0.3 is 0 Å². The van der Waals surface area contributed by atoms with Crippen molar-refractivity contribution in [2.75, 3.05) is 4.90 Å². The van der Waals surface area contributed by atoms with Crippen LogP contribution in [0.5, 0.6) is 28.7 Å². The van der Waals surface area contributed by atoms with Crippen LogP contribution in [-0.2, 0) is 0 Å². The normalized spacial score (nSPS) is 10.8. The van der Waals surface area contributed by atoms with Crippen LogP contribution in [0, 0.1) is 27.7 Å². The molecule has 0 aliphatic rings. The molecule has 0 aliphatic carbocycles. The molecular formula is C28H27NO4. The minimum Gasteiger partial charge on any atom is -0.508 e. The third kappa shape index (κ3) is 4.30. The zero-order valence-corrected chi connectivity index (χ0v) is 19.1. The first kappa shape index (κ1) is 22.1. The number of phenolic OH excluding ortho intramolecular Hbond substituents is 3. The van der Waals surface area contributed by atoms with Crippen molar-refractivity contribution in [2.45, 2.75) is 27.7 Å². The lowest BCUT2D eigenvalue weighted by atomic mass is 10.1. The number of ether oxygens (including phenoxy) is 1. The summed E-state index contributed by atoms with van der Waals surface area (Å²) in [6, 6.07) is 21.6. The molecule has 0 aliphatic heterocycles. The topological polar surface area (TPSA) is 73.2 Å². The molecule has 5 nitrogen and oxygen atoms in total. The molecule has 0 amide bonds. The van der Waals surface area contributed by atoms with Crippen LogP contribution in [-0.4, -0.2) is 15.3 Å². The van der Waals surface area contributed by atoms with Gasteiger partial charge in [0.15, 0.2) is 5.75 Å². The van der Waals surface area contributed by atoms with E-state index in [1.165, 1.54) is 0 Å². The molecule has 0 aromatic heterocycles. The van der Waals surface area contributed by atoms with Gasteiger partial charge < -0.3 is 25.0 Å². The van der Waals surface area contributed by atoms with Gasteiger partial charge in [0.2, 0.25) is 0 Å². The zero-order chi connectivity index (χ0) is 23.7. The highest BCUT2D eigenvalue weighted by molar-refractivity contribution is 5.84. The van der Waals surface area contributed by atoms with E-state index in [1.54, 1.807) is 24.3 Å². The summed E-state index contributed by atoms with van der Waals surface area (Å²) in [6.07, 6.45) is 0. The Morgan fingerprint density at radius 2 is 1.12 bits per heavy atom. The molecule has 0 saturated carbocycles. The first-order chi connectivity index (χ1) is 15.8. The number of anilines is 3. The molecule has 0 fully saturated rings. The average molecular weight is 442 g/mol. The van der Waals surface area contributed by atoms with E-state index in [0.29, 0.717) is 17.1 Å². The summed E-state index contributed by atoms with van der Waals surface area (Å²) in [5.74, 6) is 1.59. The number of nitrogens with zero attached hydrogens (tertiary/aromatic N) is 1. The van der Waals surface area contributed by atoms with Crippen LogP contribution in [0.4, 0.5) is 17.1 Å². The van der Waals surface area contributed by atoms with Crippen molar-refractivity contribution < 1.29 is 20.1 Å². The lowest BCUT2D eigenvalue weighted by molar-refractivity contribution is 0.445. The van der Waals surface area contributed by atoms with E-state index in [-0.39, 0.29) is 17.2 Å². The van der Waals surface area contributed by atoms with Crippen molar-refractivity contribution in [3.63, 3.8) is 0 Å². The number of benzene rings is 4. The van der Waals surface area contributed by atoms with Crippen molar-refractivity contribution in [1.82, 2.24) is 0 Å². The maximum Gasteiger partial charge on any atom is 0.151 e. The molecule has 4 aromatic carbocycles. The zero-order valence-electron chi connectivity index (χ0n) is 19.1. The van der Waals surface area contributed by atoms with Crippen LogP contribution in [0.2, 0.25) is 0 Å². The number of phenols is 3. The second kappa shape index (κ2) is 8.79. The van der Waals surface area contributed by atoms with E-state index in [2.05, 4.69) is 0 Å². The Bertz CT molecular complexity index is 1280. The van der Waals surface area contributed by atoms with Crippen molar-refractivity contribution in [3.05, 3.63) is 95.1 Å². The molecule has 0 atom stereocenters. The summed E-state index contributed by atoms with van der Waals surface area (Å²) >= 11 is 0. The molecule has 5 heteroatoms. The number of para-hydroxylation sites is 2. The predicted octanol–water partition coefficient (Wildman–Crippen LogP) is 7.30. The predicted molar refractivity (Wildman–Crippen MR) is 132 cm³/mol. The van der Waals surface area contributed by atoms with E-state index in [4.69, 9.17) is 4.74 Å². The van der Waals surface area contributed by atoms with Gasteiger partial charge in [0, 0.05) is 17.7 Å². The molecular weight excluding hydrogens is 414 g/mol. The molecule has 0 saturated heterocycles. The molecule has 0 unspecified atom stereocenters. The fraction of sp³-hybridized carbons (Fsp3) is 0.143. The summed E-state index contributed by atoms with van der Waals surface area (Å²) in [4.78, 5) is 1.96. The van der Waals surface area contributed by atoms with Gasteiger partial charge in [-0.25, -0.2) is 0 Å². The summed E-state index contributed by atoms with van der Waals surface area (Å²) in [7, 11) is 0. The smallest absolute Gasteiger partial charge is 0.151 e. The van der Waals surface area contributed by atoms with Gasteiger partial charge in [-0.2, -0.15) is 0 Å².